The zero-order chi connectivity index (χ0) is 17.2. The molecule has 4 nitrogen and oxygen atoms in total. The monoisotopic (exact) mass is 316 g/mol. The van der Waals surface area contributed by atoms with Gasteiger partial charge in [-0.25, -0.2) is 0 Å². The van der Waals surface area contributed by atoms with Crippen molar-refractivity contribution in [2.45, 2.75) is 34.6 Å². The molecule has 0 bridgehead atoms. The van der Waals surface area contributed by atoms with E-state index in [4.69, 9.17) is 0 Å². The lowest BCUT2D eigenvalue weighted by Gasteiger charge is -2.37. The fraction of sp³-hybridized carbons (Fsp3) is 0.579. The molecule has 0 saturated carbocycles. The molecule has 1 aromatic carbocycles. The number of carbonyl (C=O) groups excluding carboxylic acids is 2. The smallest absolute Gasteiger partial charge is 0.228 e. The summed E-state index contributed by atoms with van der Waals surface area (Å²) in [5, 5.41) is 0. The Kier molecular flexibility index (Phi) is 5.25. The maximum absolute atomic E-state index is 12.5. The van der Waals surface area contributed by atoms with E-state index in [-0.39, 0.29) is 17.1 Å². The number of amides is 1. The molecule has 1 aromatic rings. The molecular weight excluding hydrogens is 288 g/mol. The highest BCUT2D eigenvalue weighted by atomic mass is 16.2. The van der Waals surface area contributed by atoms with Crippen molar-refractivity contribution in [1.82, 2.24) is 9.80 Å². The quantitative estimate of drug-likeness (QED) is 0.805. The van der Waals surface area contributed by atoms with Crippen LogP contribution in [0.5, 0.6) is 0 Å². The van der Waals surface area contributed by atoms with E-state index >= 15 is 0 Å². The molecule has 1 aliphatic rings. The first-order valence-corrected chi connectivity index (χ1v) is 8.30. The molecule has 0 aliphatic carbocycles. The number of carbonyl (C=O) groups is 2. The van der Waals surface area contributed by atoms with Gasteiger partial charge in [0.05, 0.1) is 6.54 Å². The Morgan fingerprint density at radius 3 is 2.22 bits per heavy atom. The van der Waals surface area contributed by atoms with E-state index < -0.39 is 0 Å². The summed E-state index contributed by atoms with van der Waals surface area (Å²) in [6.45, 7) is 13.2. The summed E-state index contributed by atoms with van der Waals surface area (Å²) in [7, 11) is 0. The minimum atomic E-state index is -0.337. The second-order valence-electron chi connectivity index (χ2n) is 7.56. The molecule has 0 unspecified atom stereocenters. The number of hydrogen-bond donors (Lipinski definition) is 0. The maximum atomic E-state index is 12.5. The first kappa shape index (κ1) is 17.7. The van der Waals surface area contributed by atoms with E-state index in [1.54, 1.807) is 0 Å². The molecular formula is C19H28N2O2. The third kappa shape index (κ3) is 4.41. The van der Waals surface area contributed by atoms with Crippen LogP contribution in [0, 0.1) is 19.3 Å². The van der Waals surface area contributed by atoms with Crippen LogP contribution in [0.4, 0.5) is 0 Å². The average Bonchev–Trinajstić information content (AvgIpc) is 2.48. The van der Waals surface area contributed by atoms with Gasteiger partial charge in [-0.15, -0.1) is 0 Å². The molecule has 1 aliphatic heterocycles. The maximum Gasteiger partial charge on any atom is 0.228 e. The molecule has 126 valence electrons. The van der Waals surface area contributed by atoms with E-state index in [0.29, 0.717) is 19.6 Å². The topological polar surface area (TPSA) is 40.6 Å². The summed E-state index contributed by atoms with van der Waals surface area (Å²) in [6, 6.07) is 6.00. The number of rotatable bonds is 3. The summed E-state index contributed by atoms with van der Waals surface area (Å²) in [4.78, 5) is 28.9. The summed E-state index contributed by atoms with van der Waals surface area (Å²) >= 11 is 0. The number of Topliss-reactive ketones (excluding diaryl/α,β-unsaturated/α-hetero) is 1. The highest BCUT2D eigenvalue weighted by Crippen LogP contribution is 2.19. The van der Waals surface area contributed by atoms with Gasteiger partial charge >= 0.3 is 0 Å². The molecule has 1 saturated heterocycles. The van der Waals surface area contributed by atoms with Crippen LogP contribution in [0.3, 0.4) is 0 Å². The van der Waals surface area contributed by atoms with Gasteiger partial charge in [0.1, 0.15) is 0 Å². The molecule has 23 heavy (non-hydrogen) atoms. The van der Waals surface area contributed by atoms with Crippen molar-refractivity contribution in [3.63, 3.8) is 0 Å². The normalized spacial score (nSPS) is 16.5. The van der Waals surface area contributed by atoms with Crippen molar-refractivity contribution >= 4 is 11.7 Å². The molecule has 1 heterocycles. The van der Waals surface area contributed by atoms with Gasteiger partial charge in [-0.2, -0.15) is 0 Å². The standard InChI is InChI=1S/C19H28N2O2/c1-14-6-7-15(2)16(12-14)17(22)13-20-8-10-21(11-9-20)18(23)19(3,4)5/h6-7,12H,8-11,13H2,1-5H3. The molecule has 0 radical (unpaired) electrons. The summed E-state index contributed by atoms with van der Waals surface area (Å²) < 4.78 is 0. The Labute approximate surface area is 139 Å². The van der Waals surface area contributed by atoms with Crippen LogP contribution in [0.15, 0.2) is 18.2 Å². The number of aryl methyl sites for hydroxylation is 2. The van der Waals surface area contributed by atoms with Crippen molar-refractivity contribution < 1.29 is 9.59 Å². The summed E-state index contributed by atoms with van der Waals surface area (Å²) in [5.74, 6) is 0.361. The van der Waals surface area contributed by atoms with E-state index in [1.165, 1.54) is 0 Å². The number of nitrogens with zero attached hydrogens (tertiary/aromatic N) is 2. The Morgan fingerprint density at radius 2 is 1.65 bits per heavy atom. The third-order valence-electron chi connectivity index (χ3n) is 4.36. The zero-order valence-corrected chi connectivity index (χ0v) is 15.0. The molecule has 0 spiro atoms. The van der Waals surface area contributed by atoms with Gasteiger partial charge in [0.25, 0.3) is 0 Å². The lowest BCUT2D eigenvalue weighted by molar-refractivity contribution is -0.141. The van der Waals surface area contributed by atoms with Crippen molar-refractivity contribution in [2.75, 3.05) is 32.7 Å². The highest BCUT2D eigenvalue weighted by Gasteiger charge is 2.30. The van der Waals surface area contributed by atoms with Crippen LogP contribution < -0.4 is 0 Å². The second-order valence-corrected chi connectivity index (χ2v) is 7.56. The van der Waals surface area contributed by atoms with E-state index in [1.807, 2.05) is 57.7 Å². The van der Waals surface area contributed by atoms with E-state index in [2.05, 4.69) is 4.90 Å². The summed E-state index contributed by atoms with van der Waals surface area (Å²) in [5.41, 5.74) is 2.62. The predicted molar refractivity (Wildman–Crippen MR) is 92.7 cm³/mol. The van der Waals surface area contributed by atoms with Crippen LogP contribution in [-0.4, -0.2) is 54.2 Å². The van der Waals surface area contributed by atoms with Gasteiger partial charge in [-0.1, -0.05) is 38.5 Å². The van der Waals surface area contributed by atoms with E-state index in [0.717, 1.165) is 29.8 Å². The zero-order valence-electron chi connectivity index (χ0n) is 15.0. The molecule has 0 atom stereocenters. The van der Waals surface area contributed by atoms with Crippen LogP contribution in [0.1, 0.15) is 42.3 Å². The van der Waals surface area contributed by atoms with Crippen molar-refractivity contribution in [3.8, 4) is 0 Å². The van der Waals surface area contributed by atoms with Crippen LogP contribution in [-0.2, 0) is 4.79 Å². The Hall–Kier alpha value is -1.68. The average molecular weight is 316 g/mol. The van der Waals surface area contributed by atoms with Gasteiger partial charge in [0.15, 0.2) is 5.78 Å². The van der Waals surface area contributed by atoms with Crippen molar-refractivity contribution in [2.24, 2.45) is 5.41 Å². The lowest BCUT2D eigenvalue weighted by atomic mass is 9.94. The lowest BCUT2D eigenvalue weighted by Crippen LogP contribution is -2.52. The second kappa shape index (κ2) is 6.83. The molecule has 1 fully saturated rings. The van der Waals surface area contributed by atoms with E-state index in [9.17, 15) is 9.59 Å². The van der Waals surface area contributed by atoms with Gasteiger partial charge < -0.3 is 4.90 Å². The Morgan fingerprint density at radius 1 is 1.04 bits per heavy atom. The summed E-state index contributed by atoms with van der Waals surface area (Å²) in [6.07, 6.45) is 0. The Balaban J connectivity index is 1.93. The fourth-order valence-electron chi connectivity index (χ4n) is 2.91. The van der Waals surface area contributed by atoms with Gasteiger partial charge in [0.2, 0.25) is 5.91 Å². The largest absolute Gasteiger partial charge is 0.340 e. The minimum Gasteiger partial charge on any atom is -0.340 e. The van der Waals surface area contributed by atoms with Gasteiger partial charge in [-0.05, 0) is 25.5 Å². The first-order valence-electron chi connectivity index (χ1n) is 8.30. The van der Waals surface area contributed by atoms with Crippen LogP contribution in [0.25, 0.3) is 0 Å². The minimum absolute atomic E-state index is 0.168. The number of hydrogen-bond acceptors (Lipinski definition) is 3. The first-order chi connectivity index (χ1) is 10.7. The number of benzene rings is 1. The van der Waals surface area contributed by atoms with Crippen LogP contribution >= 0.6 is 0 Å². The number of ketones is 1. The van der Waals surface area contributed by atoms with Crippen molar-refractivity contribution in [3.05, 3.63) is 34.9 Å². The van der Waals surface area contributed by atoms with Crippen molar-refractivity contribution in [1.29, 1.82) is 0 Å². The molecule has 4 heteroatoms. The number of piperazine rings is 1. The molecule has 0 aromatic heterocycles. The predicted octanol–water partition coefficient (Wildman–Crippen LogP) is 2.68. The highest BCUT2D eigenvalue weighted by molar-refractivity contribution is 5.99. The van der Waals surface area contributed by atoms with Crippen LogP contribution in [0.2, 0.25) is 0 Å². The van der Waals surface area contributed by atoms with Gasteiger partial charge in [-0.3, -0.25) is 14.5 Å². The van der Waals surface area contributed by atoms with Gasteiger partial charge in [0, 0.05) is 37.2 Å². The molecule has 2 rings (SSSR count). The molecule has 1 amide bonds. The fourth-order valence-corrected chi connectivity index (χ4v) is 2.91. The third-order valence-corrected chi connectivity index (χ3v) is 4.36. The Bertz CT molecular complexity index is 594. The molecule has 0 N–H and O–H groups in total. The SMILES string of the molecule is Cc1ccc(C)c(C(=O)CN2CCN(C(=O)C(C)(C)C)CC2)c1.